The second-order valence-corrected chi connectivity index (χ2v) is 3.61. The van der Waals surface area contributed by atoms with Crippen molar-refractivity contribution >= 4 is 52.0 Å². The molecule has 0 aromatic rings. The zero-order valence-corrected chi connectivity index (χ0v) is 7.61. The number of hydrogen-bond donors (Lipinski definition) is 1. The quantitative estimate of drug-likeness (QED) is 0.316. The molecule has 1 aliphatic heterocycles. The number of carbonyl (C=O) groups excluding carboxylic acids is 1. The smallest absolute Gasteiger partial charge is 0.263 e. The van der Waals surface area contributed by atoms with E-state index in [0.717, 1.165) is 11.9 Å². The van der Waals surface area contributed by atoms with Gasteiger partial charge in [0.25, 0.3) is 5.24 Å². The van der Waals surface area contributed by atoms with Gasteiger partial charge >= 0.3 is 0 Å². The highest BCUT2D eigenvalue weighted by atomic mass is 35.5. The maximum atomic E-state index is 10.6. The fraction of sp³-hybridized carbons (Fsp3) is 0.250. The summed E-state index contributed by atoms with van der Waals surface area (Å²) in [6.45, 7) is 0. The van der Waals surface area contributed by atoms with Gasteiger partial charge in [-0.15, -0.1) is 0 Å². The van der Waals surface area contributed by atoms with E-state index in [1.807, 2.05) is 0 Å². The van der Waals surface area contributed by atoms with Gasteiger partial charge in [-0.3, -0.25) is 4.79 Å². The molecule has 0 fully saturated rings. The van der Waals surface area contributed by atoms with Crippen molar-refractivity contribution in [1.29, 1.82) is 0 Å². The summed E-state index contributed by atoms with van der Waals surface area (Å²) < 4.78 is 2.56. The third-order valence-electron chi connectivity index (χ3n) is 0.962. The molecule has 0 aromatic carbocycles. The molecule has 0 aliphatic carbocycles. The van der Waals surface area contributed by atoms with Crippen LogP contribution in [0.5, 0.6) is 0 Å². The highest BCUT2D eigenvalue weighted by Crippen LogP contribution is 2.36. The van der Waals surface area contributed by atoms with Crippen LogP contribution in [0.15, 0.2) is 10.4 Å². The zero-order chi connectivity index (χ0) is 7.78. The van der Waals surface area contributed by atoms with Crippen molar-refractivity contribution < 1.29 is 4.79 Å². The highest BCUT2D eigenvalue weighted by Gasteiger charge is 2.41. The first-order valence-corrected chi connectivity index (χ1v) is 4.26. The Labute approximate surface area is 77.0 Å². The van der Waals surface area contributed by atoms with E-state index < -0.39 is 10.2 Å². The van der Waals surface area contributed by atoms with Gasteiger partial charge in [0.05, 0.1) is 5.03 Å². The van der Waals surface area contributed by atoms with Crippen molar-refractivity contribution in [2.75, 3.05) is 0 Å². The maximum absolute atomic E-state index is 10.6. The summed E-state index contributed by atoms with van der Waals surface area (Å²) in [5.41, 5.74) is 0. The monoisotopic (exact) mass is 217 g/mol. The van der Waals surface area contributed by atoms with Crippen LogP contribution < -0.4 is 4.72 Å². The molecule has 0 saturated heterocycles. The lowest BCUT2D eigenvalue weighted by Crippen LogP contribution is -2.38. The molecule has 0 saturated carbocycles. The maximum Gasteiger partial charge on any atom is 0.263 e. The number of nitrogens with one attached hydrogen (secondary N) is 1. The minimum atomic E-state index is -1.41. The first-order valence-electron chi connectivity index (χ1n) is 2.25. The van der Waals surface area contributed by atoms with Crippen LogP contribution in [0.1, 0.15) is 0 Å². The number of halogens is 3. The van der Waals surface area contributed by atoms with Gasteiger partial charge in [-0.25, -0.2) is 4.72 Å². The van der Waals surface area contributed by atoms with E-state index in [1.165, 1.54) is 5.41 Å². The first-order chi connectivity index (χ1) is 4.57. The van der Waals surface area contributed by atoms with Crippen LogP contribution >= 0.6 is 46.8 Å². The van der Waals surface area contributed by atoms with E-state index in [2.05, 4.69) is 4.72 Å². The summed E-state index contributed by atoms with van der Waals surface area (Å²) in [6, 6.07) is 0. The molecular weight excluding hydrogens is 216 g/mol. The van der Waals surface area contributed by atoms with Crippen molar-refractivity contribution in [2.45, 2.75) is 5.00 Å². The van der Waals surface area contributed by atoms with E-state index >= 15 is 0 Å². The minimum Gasteiger partial charge on any atom is -0.277 e. The Balaban J connectivity index is 2.89. The van der Waals surface area contributed by atoms with Crippen LogP contribution in [0.4, 0.5) is 0 Å². The van der Waals surface area contributed by atoms with Gasteiger partial charge in [0.2, 0.25) is 5.00 Å². The summed E-state index contributed by atoms with van der Waals surface area (Å²) in [6.07, 6.45) is 0. The average molecular weight is 218 g/mol. The largest absolute Gasteiger partial charge is 0.277 e. The molecule has 1 aliphatic rings. The van der Waals surface area contributed by atoms with Gasteiger partial charge < -0.3 is 0 Å². The van der Waals surface area contributed by atoms with Crippen LogP contribution in [0.25, 0.3) is 0 Å². The lowest BCUT2D eigenvalue weighted by Gasteiger charge is -2.15. The molecule has 0 bridgehead atoms. The third-order valence-corrected chi connectivity index (χ3v) is 3.32. The Morgan fingerprint density at radius 3 is 2.60 bits per heavy atom. The predicted octanol–water partition coefficient (Wildman–Crippen LogP) is 2.02. The summed E-state index contributed by atoms with van der Waals surface area (Å²) in [5, 5.41) is 1.01. The lowest BCUT2D eigenvalue weighted by molar-refractivity contribution is -0.113. The molecule has 10 heavy (non-hydrogen) atoms. The predicted molar refractivity (Wildman–Crippen MR) is 44.1 cm³/mol. The van der Waals surface area contributed by atoms with E-state index in [9.17, 15) is 4.79 Å². The summed E-state index contributed by atoms with van der Waals surface area (Å²) in [7, 11) is 0. The van der Waals surface area contributed by atoms with Crippen LogP contribution in [0.2, 0.25) is 0 Å². The second-order valence-electron chi connectivity index (χ2n) is 1.62. The Kier molecular flexibility index (Phi) is 2.53. The zero-order valence-electron chi connectivity index (χ0n) is 4.53. The second kappa shape index (κ2) is 2.91. The van der Waals surface area contributed by atoms with Crippen molar-refractivity contribution in [3.63, 3.8) is 0 Å². The molecule has 6 heteroatoms. The van der Waals surface area contributed by atoms with E-state index in [-0.39, 0.29) is 5.03 Å². The van der Waals surface area contributed by atoms with Crippen molar-refractivity contribution in [3.8, 4) is 0 Å². The van der Waals surface area contributed by atoms with Gasteiger partial charge in [-0.05, 0) is 23.5 Å². The van der Waals surface area contributed by atoms with E-state index in [1.54, 1.807) is 0 Å². The number of alkyl halides is 1. The molecule has 1 heterocycles. The molecule has 1 rings (SSSR count). The Hall–Kier alpha value is 0.590. The molecule has 0 radical (unpaired) electrons. The van der Waals surface area contributed by atoms with E-state index in [4.69, 9.17) is 34.8 Å². The molecule has 1 unspecified atom stereocenters. The summed E-state index contributed by atoms with van der Waals surface area (Å²) in [5.74, 6) is 0. The standard InChI is InChI=1S/C4H2Cl3NOS/c5-2-1-10-8-4(2,7)3(6)9/h1,8H. The van der Waals surface area contributed by atoms with Gasteiger partial charge in [0, 0.05) is 5.41 Å². The molecule has 0 aromatic heterocycles. The number of carbonyl (C=O) groups is 1. The Morgan fingerprint density at radius 1 is 1.80 bits per heavy atom. The van der Waals surface area contributed by atoms with Crippen LogP contribution in [-0.2, 0) is 4.79 Å². The van der Waals surface area contributed by atoms with E-state index in [0.29, 0.717) is 0 Å². The molecule has 0 amide bonds. The van der Waals surface area contributed by atoms with Crippen molar-refractivity contribution in [1.82, 2.24) is 4.72 Å². The van der Waals surface area contributed by atoms with Crippen LogP contribution in [0, 0.1) is 0 Å². The third kappa shape index (κ3) is 1.29. The van der Waals surface area contributed by atoms with Crippen LogP contribution in [0.3, 0.4) is 0 Å². The molecule has 1 atom stereocenters. The van der Waals surface area contributed by atoms with Gasteiger partial charge in [0.1, 0.15) is 0 Å². The number of rotatable bonds is 1. The molecular formula is C4H2Cl3NOS. The summed E-state index contributed by atoms with van der Waals surface area (Å²) in [4.78, 5) is 9.20. The fourth-order valence-corrected chi connectivity index (χ4v) is 1.96. The Morgan fingerprint density at radius 2 is 2.40 bits per heavy atom. The highest BCUT2D eigenvalue weighted by molar-refractivity contribution is 8.00. The van der Waals surface area contributed by atoms with Gasteiger partial charge in [-0.1, -0.05) is 23.2 Å². The molecule has 1 N–H and O–H groups in total. The van der Waals surface area contributed by atoms with Gasteiger partial charge in [0.15, 0.2) is 0 Å². The number of hydrogen-bond acceptors (Lipinski definition) is 3. The minimum absolute atomic E-state index is 0.208. The molecule has 0 spiro atoms. The van der Waals surface area contributed by atoms with Crippen molar-refractivity contribution in [2.24, 2.45) is 0 Å². The van der Waals surface area contributed by atoms with Gasteiger partial charge in [-0.2, -0.15) is 0 Å². The molecule has 2 nitrogen and oxygen atoms in total. The fourth-order valence-electron chi connectivity index (χ4n) is 0.426. The molecule has 56 valence electrons. The normalized spacial score (nSPS) is 32.1. The van der Waals surface area contributed by atoms with Crippen LogP contribution in [-0.4, -0.2) is 10.2 Å². The average Bonchev–Trinajstić information content (AvgIpc) is 2.15. The SMILES string of the molecule is O=C(Cl)C1(Cl)NSC=C1Cl. The Bertz CT molecular complexity index is 207. The van der Waals surface area contributed by atoms with Crippen molar-refractivity contribution in [3.05, 3.63) is 10.4 Å². The topological polar surface area (TPSA) is 29.1 Å². The summed E-state index contributed by atoms with van der Waals surface area (Å²) >= 11 is 17.5. The first kappa shape index (κ1) is 8.68. The lowest BCUT2D eigenvalue weighted by atomic mass is 10.3.